The van der Waals surface area contributed by atoms with Crippen LogP contribution < -0.4 is 5.56 Å². The Morgan fingerprint density at radius 1 is 0.947 bits per heavy atom. The first-order valence-corrected chi connectivity index (χ1v) is 11.6. The highest BCUT2D eigenvalue weighted by molar-refractivity contribution is 6.13. The normalized spacial score (nSPS) is 13.8. The van der Waals surface area contributed by atoms with E-state index in [4.69, 9.17) is 9.41 Å². The Morgan fingerprint density at radius 2 is 1.76 bits per heavy atom. The number of hydrogen-bond donors (Lipinski definition) is 0. The van der Waals surface area contributed by atoms with Gasteiger partial charge in [-0.05, 0) is 48.9 Å². The molecule has 0 saturated carbocycles. The molecular weight excluding hydrogens is 495 g/mol. The van der Waals surface area contributed by atoms with Crippen LogP contribution in [0.2, 0.25) is 0 Å². The van der Waals surface area contributed by atoms with Gasteiger partial charge in [0.25, 0.3) is 5.56 Å². The van der Waals surface area contributed by atoms with Crippen molar-refractivity contribution in [3.8, 4) is 11.5 Å². The molecule has 7 nitrogen and oxygen atoms in total. The topological polar surface area (TPSA) is 86.2 Å². The van der Waals surface area contributed by atoms with Gasteiger partial charge in [0.1, 0.15) is 11.3 Å². The number of fused-ring (bicyclic) bond motifs is 1. The van der Waals surface area contributed by atoms with Crippen molar-refractivity contribution in [3.63, 3.8) is 0 Å². The first-order valence-electron chi connectivity index (χ1n) is 11.6. The number of hydrogen-bond acceptors (Lipinski definition) is 6. The lowest BCUT2D eigenvalue weighted by Crippen LogP contribution is -2.19. The highest BCUT2D eigenvalue weighted by Gasteiger charge is 2.31. The number of rotatable bonds is 4. The van der Waals surface area contributed by atoms with Gasteiger partial charge in [-0.15, -0.1) is 0 Å². The maximum atomic E-state index is 13.3. The van der Waals surface area contributed by atoms with Crippen molar-refractivity contribution in [2.24, 2.45) is 4.99 Å². The third kappa shape index (κ3) is 4.19. The first-order chi connectivity index (χ1) is 18.3. The average Bonchev–Trinajstić information content (AvgIpc) is 3.57. The number of nitrogens with zero attached hydrogens (tertiary/aromatic N) is 5. The molecule has 38 heavy (non-hydrogen) atoms. The minimum absolute atomic E-state index is 0.220. The zero-order valence-corrected chi connectivity index (χ0v) is 19.9. The molecule has 5 heterocycles. The maximum absolute atomic E-state index is 13.3. The minimum atomic E-state index is -4.46. The quantitative estimate of drug-likeness (QED) is 0.295. The molecule has 0 unspecified atom stereocenters. The predicted octanol–water partition coefficient (Wildman–Crippen LogP) is 5.99. The molecule has 5 aromatic rings. The summed E-state index contributed by atoms with van der Waals surface area (Å²) in [6.45, 7) is 1.86. The monoisotopic (exact) mass is 513 g/mol. The van der Waals surface area contributed by atoms with Crippen LogP contribution in [-0.2, 0) is 6.18 Å². The van der Waals surface area contributed by atoms with Crippen LogP contribution in [0.15, 0.2) is 93.6 Å². The number of alkyl halides is 3. The van der Waals surface area contributed by atoms with E-state index >= 15 is 0 Å². The Hall–Kier alpha value is -4.86. The summed E-state index contributed by atoms with van der Waals surface area (Å²) >= 11 is 0. The predicted molar refractivity (Wildman–Crippen MR) is 136 cm³/mol. The van der Waals surface area contributed by atoms with Crippen LogP contribution in [-0.4, -0.2) is 25.2 Å². The fraction of sp³-hybridized carbons (Fsp3) is 0.107. The lowest BCUT2D eigenvalue weighted by Gasteiger charge is -2.11. The second-order valence-corrected chi connectivity index (χ2v) is 8.76. The summed E-state index contributed by atoms with van der Waals surface area (Å²) in [5.74, 6) is 1.06. The Morgan fingerprint density at radius 3 is 2.53 bits per heavy atom. The molecule has 188 valence electrons. The van der Waals surface area contributed by atoms with E-state index in [0.717, 1.165) is 23.4 Å². The van der Waals surface area contributed by atoms with Gasteiger partial charge in [-0.25, -0.2) is 9.98 Å². The molecule has 0 amide bonds. The van der Waals surface area contributed by atoms with E-state index < -0.39 is 17.3 Å². The maximum Gasteiger partial charge on any atom is 0.416 e. The zero-order chi connectivity index (χ0) is 26.4. The number of allylic oxidation sites excluding steroid dienone is 1. The van der Waals surface area contributed by atoms with Gasteiger partial charge in [-0.1, -0.05) is 18.2 Å². The molecule has 0 spiro atoms. The Balaban J connectivity index is 1.46. The van der Waals surface area contributed by atoms with Crippen molar-refractivity contribution in [2.75, 3.05) is 0 Å². The molecule has 4 aromatic heterocycles. The fourth-order valence-corrected chi connectivity index (χ4v) is 4.37. The van der Waals surface area contributed by atoms with Crippen LogP contribution >= 0.6 is 0 Å². The summed E-state index contributed by atoms with van der Waals surface area (Å²) in [5.41, 5.74) is 2.22. The Bertz CT molecular complexity index is 1820. The smallest absolute Gasteiger partial charge is 0.416 e. The number of aromatic nitrogens is 4. The molecule has 10 heteroatoms. The first kappa shape index (κ1) is 23.5. The standard InChI is InChI=1S/C28H18F3N5O2/c1-16-13-19(8-11-32-16)26-34-15-23(38-26)22-14-21(17-4-6-20(7-5-17)28(29,30)31)25(35-22)36-12-9-18-3-2-10-33-24(18)27(36)37/h2-13,15H,14H2,1H3. The number of benzene rings is 1. The molecule has 0 saturated heterocycles. The third-order valence-electron chi connectivity index (χ3n) is 6.24. The molecule has 0 aliphatic carbocycles. The van der Waals surface area contributed by atoms with Crippen LogP contribution in [0.4, 0.5) is 13.2 Å². The number of oxazole rings is 1. The number of aliphatic imine (C=N–C) groups is 1. The molecule has 0 N–H and O–H groups in total. The van der Waals surface area contributed by atoms with Crippen LogP contribution in [0.5, 0.6) is 0 Å². The SMILES string of the molecule is Cc1cc(-c2ncc(C3=NC(n4ccc5cccnc5c4=O)=C(c4ccc(C(F)(F)F)cc4)C3)o2)ccn1. The van der Waals surface area contributed by atoms with Gasteiger partial charge in [0.05, 0.1) is 17.5 Å². The largest absolute Gasteiger partial charge is 0.435 e. The molecule has 6 rings (SSSR count). The van der Waals surface area contributed by atoms with Crippen LogP contribution in [0.1, 0.15) is 29.0 Å². The van der Waals surface area contributed by atoms with Gasteiger partial charge in [0.2, 0.25) is 5.89 Å². The van der Waals surface area contributed by atoms with Crippen molar-refractivity contribution in [1.82, 2.24) is 19.5 Å². The van der Waals surface area contributed by atoms with E-state index in [2.05, 4.69) is 15.0 Å². The van der Waals surface area contributed by atoms with E-state index in [1.165, 1.54) is 22.9 Å². The summed E-state index contributed by atoms with van der Waals surface area (Å²) < 4.78 is 46.9. The summed E-state index contributed by atoms with van der Waals surface area (Å²) in [6.07, 6.45) is 2.07. The van der Waals surface area contributed by atoms with Gasteiger partial charge in [-0.2, -0.15) is 13.2 Å². The summed E-state index contributed by atoms with van der Waals surface area (Å²) in [6, 6.07) is 13.7. The second kappa shape index (κ2) is 8.91. The molecule has 0 bridgehead atoms. The lowest BCUT2D eigenvalue weighted by molar-refractivity contribution is -0.137. The van der Waals surface area contributed by atoms with Crippen molar-refractivity contribution >= 4 is 28.0 Å². The molecule has 0 fully saturated rings. The molecular formula is C28H18F3N5O2. The van der Waals surface area contributed by atoms with Gasteiger partial charge in [0.15, 0.2) is 5.76 Å². The van der Waals surface area contributed by atoms with Crippen molar-refractivity contribution < 1.29 is 17.6 Å². The summed E-state index contributed by atoms with van der Waals surface area (Å²) in [7, 11) is 0. The minimum Gasteiger partial charge on any atom is -0.435 e. The second-order valence-electron chi connectivity index (χ2n) is 8.76. The zero-order valence-electron chi connectivity index (χ0n) is 19.9. The molecule has 1 aliphatic rings. The number of pyridine rings is 3. The highest BCUT2D eigenvalue weighted by Crippen LogP contribution is 2.36. The molecule has 0 radical (unpaired) electrons. The van der Waals surface area contributed by atoms with E-state index in [-0.39, 0.29) is 17.8 Å². The van der Waals surface area contributed by atoms with E-state index in [1.54, 1.807) is 42.9 Å². The number of halogens is 3. The van der Waals surface area contributed by atoms with Crippen LogP contribution in [0, 0.1) is 6.92 Å². The molecule has 0 atom stereocenters. The Labute approximate surface area is 213 Å². The van der Waals surface area contributed by atoms with Crippen LogP contribution in [0.25, 0.3) is 33.8 Å². The molecule has 1 aliphatic heterocycles. The van der Waals surface area contributed by atoms with Crippen molar-refractivity contribution in [2.45, 2.75) is 19.5 Å². The van der Waals surface area contributed by atoms with Gasteiger partial charge in [-0.3, -0.25) is 19.3 Å². The average molecular weight is 513 g/mol. The summed E-state index contributed by atoms with van der Waals surface area (Å²) in [5, 5.41) is 0.667. The van der Waals surface area contributed by atoms with Crippen LogP contribution in [0.3, 0.4) is 0 Å². The van der Waals surface area contributed by atoms with Gasteiger partial charge in [0, 0.05) is 47.2 Å². The van der Waals surface area contributed by atoms with Crippen molar-refractivity contribution in [3.05, 3.63) is 112 Å². The third-order valence-corrected chi connectivity index (χ3v) is 6.24. The van der Waals surface area contributed by atoms with Gasteiger partial charge < -0.3 is 4.42 Å². The lowest BCUT2D eigenvalue weighted by atomic mass is 10.00. The van der Waals surface area contributed by atoms with Crippen molar-refractivity contribution in [1.29, 1.82) is 0 Å². The highest BCUT2D eigenvalue weighted by atomic mass is 19.4. The Kier molecular flexibility index (Phi) is 5.52. The van der Waals surface area contributed by atoms with E-state index in [1.807, 2.05) is 13.0 Å². The fourth-order valence-electron chi connectivity index (χ4n) is 4.37. The molecule has 1 aromatic carbocycles. The number of aryl methyl sites for hydroxylation is 1. The summed E-state index contributed by atoms with van der Waals surface area (Å²) in [4.78, 5) is 30.8. The van der Waals surface area contributed by atoms with Gasteiger partial charge >= 0.3 is 6.18 Å². The van der Waals surface area contributed by atoms with E-state index in [9.17, 15) is 18.0 Å². The van der Waals surface area contributed by atoms with E-state index in [0.29, 0.717) is 33.9 Å².